The fourth-order valence-corrected chi connectivity index (χ4v) is 5.54. The van der Waals surface area contributed by atoms with Gasteiger partial charge >= 0.3 is 0 Å². The summed E-state index contributed by atoms with van der Waals surface area (Å²) in [4.78, 5) is 0. The summed E-state index contributed by atoms with van der Waals surface area (Å²) >= 11 is 0. The Bertz CT molecular complexity index is 1510. The van der Waals surface area contributed by atoms with Gasteiger partial charge in [0.05, 0.1) is 7.11 Å². The molecular weight excluding hydrogens is 484 g/mol. The second-order valence-corrected chi connectivity index (χ2v) is 10.3. The Morgan fingerprint density at radius 3 is 2.49 bits per heavy atom. The van der Waals surface area contributed by atoms with E-state index in [0.717, 1.165) is 44.8 Å². The number of phenolic OH excluding ortho intramolecular Hbond substituents is 2. The molecule has 0 aliphatic carbocycles. The van der Waals surface area contributed by atoms with Gasteiger partial charge in [-0.3, -0.25) is 0 Å². The Balaban J connectivity index is 1.85. The van der Waals surface area contributed by atoms with Gasteiger partial charge in [0.15, 0.2) is 0 Å². The van der Waals surface area contributed by atoms with Gasteiger partial charge in [-0.05, 0) is 89.3 Å². The Kier molecular flexibility index (Phi) is 8.44. The number of phenols is 2. The molecule has 1 saturated heterocycles. The van der Waals surface area contributed by atoms with Gasteiger partial charge in [0.1, 0.15) is 17.3 Å². The lowest BCUT2D eigenvalue weighted by Crippen LogP contribution is -2.54. The van der Waals surface area contributed by atoms with Crippen molar-refractivity contribution in [1.82, 2.24) is 5.32 Å². The van der Waals surface area contributed by atoms with Gasteiger partial charge in [0.25, 0.3) is 0 Å². The fraction of sp³-hybridized carbons (Fsp3) is 0.235. The highest BCUT2D eigenvalue weighted by Crippen LogP contribution is 2.45. The van der Waals surface area contributed by atoms with Crippen molar-refractivity contribution in [3.8, 4) is 11.5 Å². The van der Waals surface area contributed by atoms with E-state index in [1.807, 2.05) is 37.3 Å². The molecule has 0 aromatic heterocycles. The van der Waals surface area contributed by atoms with E-state index < -0.39 is 5.54 Å². The smallest absolute Gasteiger partial charge is 0.116 e. The van der Waals surface area contributed by atoms with Gasteiger partial charge in [-0.2, -0.15) is 0 Å². The normalized spacial score (nSPS) is 20.8. The lowest BCUT2D eigenvalue weighted by atomic mass is 9.67. The van der Waals surface area contributed by atoms with E-state index in [9.17, 15) is 10.2 Å². The van der Waals surface area contributed by atoms with Crippen LogP contribution < -0.4 is 21.5 Å². The van der Waals surface area contributed by atoms with Crippen LogP contribution in [0.5, 0.6) is 11.5 Å². The molecular formula is C34H38N2O3. The summed E-state index contributed by atoms with van der Waals surface area (Å²) < 4.78 is 5.71. The molecule has 3 aromatic carbocycles. The maximum Gasteiger partial charge on any atom is 0.116 e. The summed E-state index contributed by atoms with van der Waals surface area (Å²) in [6, 6.07) is 18.8. The fourth-order valence-electron chi connectivity index (χ4n) is 5.54. The second-order valence-electron chi connectivity index (χ2n) is 10.3. The maximum absolute atomic E-state index is 10.2. The Labute approximate surface area is 231 Å². The Morgan fingerprint density at radius 1 is 1.10 bits per heavy atom. The number of ether oxygens (including phenoxy) is 1. The number of hydrogen-bond acceptors (Lipinski definition) is 5. The summed E-state index contributed by atoms with van der Waals surface area (Å²) in [5.41, 5.74) is 11.5. The molecule has 0 spiro atoms. The first-order valence-corrected chi connectivity index (χ1v) is 13.1. The highest BCUT2D eigenvalue weighted by molar-refractivity contribution is 5.65. The van der Waals surface area contributed by atoms with Gasteiger partial charge in [-0.1, -0.05) is 68.3 Å². The lowest BCUT2D eigenvalue weighted by Gasteiger charge is -2.45. The van der Waals surface area contributed by atoms with Gasteiger partial charge in [-0.15, -0.1) is 0 Å². The zero-order valence-electron chi connectivity index (χ0n) is 22.8. The minimum Gasteiger partial charge on any atom is -0.508 e. The molecule has 3 atom stereocenters. The third-order valence-electron chi connectivity index (χ3n) is 7.69. The molecule has 202 valence electrons. The first-order chi connectivity index (χ1) is 18.6. The van der Waals surface area contributed by atoms with Crippen molar-refractivity contribution in [3.63, 3.8) is 0 Å². The van der Waals surface area contributed by atoms with Gasteiger partial charge in [0.2, 0.25) is 0 Å². The monoisotopic (exact) mass is 522 g/mol. The molecule has 39 heavy (non-hydrogen) atoms. The van der Waals surface area contributed by atoms with E-state index in [0.29, 0.717) is 18.6 Å². The summed E-state index contributed by atoms with van der Waals surface area (Å²) in [5.74, 6) is 0.566. The SMILES string of the molecule is C=C/C=c1/ccc(C2CC(N)(C(/C(=C/c3cc(O)ccc3C)C(=C)OC)c3ccc(O)cc3)CCN2)cc1=C. The van der Waals surface area contributed by atoms with Crippen molar-refractivity contribution >= 4 is 18.7 Å². The van der Waals surface area contributed by atoms with Crippen molar-refractivity contribution in [3.05, 3.63) is 124 Å². The van der Waals surface area contributed by atoms with Crippen molar-refractivity contribution in [2.45, 2.75) is 37.3 Å². The highest BCUT2D eigenvalue weighted by atomic mass is 16.5. The average Bonchev–Trinajstić information content (AvgIpc) is 2.92. The summed E-state index contributed by atoms with van der Waals surface area (Å²) in [5, 5.41) is 25.9. The quantitative estimate of drug-likeness (QED) is 0.249. The molecule has 4 rings (SSSR count). The largest absolute Gasteiger partial charge is 0.508 e. The molecule has 1 aliphatic rings. The van der Waals surface area contributed by atoms with E-state index in [2.05, 4.69) is 43.3 Å². The minimum atomic E-state index is -0.682. The van der Waals surface area contributed by atoms with Crippen LogP contribution in [0.25, 0.3) is 18.7 Å². The predicted octanol–water partition coefficient (Wildman–Crippen LogP) is 4.93. The van der Waals surface area contributed by atoms with Crippen LogP contribution in [0.15, 0.2) is 91.2 Å². The van der Waals surface area contributed by atoms with Crippen molar-refractivity contribution in [2.24, 2.45) is 5.73 Å². The third-order valence-corrected chi connectivity index (χ3v) is 7.69. The van der Waals surface area contributed by atoms with Crippen LogP contribution in [0.3, 0.4) is 0 Å². The van der Waals surface area contributed by atoms with Crippen LogP contribution in [-0.4, -0.2) is 29.4 Å². The lowest BCUT2D eigenvalue weighted by molar-refractivity contribution is 0.222. The molecule has 0 amide bonds. The molecule has 1 heterocycles. The summed E-state index contributed by atoms with van der Waals surface area (Å²) in [6.45, 7) is 15.0. The molecule has 1 aliphatic heterocycles. The molecule has 3 unspecified atom stereocenters. The molecule has 0 saturated carbocycles. The zero-order valence-corrected chi connectivity index (χ0v) is 22.8. The topological polar surface area (TPSA) is 87.7 Å². The van der Waals surface area contributed by atoms with Crippen LogP contribution in [0.4, 0.5) is 0 Å². The van der Waals surface area contributed by atoms with Crippen LogP contribution >= 0.6 is 0 Å². The molecule has 5 N–H and O–H groups in total. The van der Waals surface area contributed by atoms with E-state index >= 15 is 0 Å². The molecule has 0 radical (unpaired) electrons. The van der Waals surface area contributed by atoms with Crippen molar-refractivity contribution < 1.29 is 14.9 Å². The van der Waals surface area contributed by atoms with Gasteiger partial charge in [-0.25, -0.2) is 0 Å². The third kappa shape index (κ3) is 6.17. The van der Waals surface area contributed by atoms with Crippen LogP contribution in [0.2, 0.25) is 0 Å². The highest BCUT2D eigenvalue weighted by Gasteiger charge is 2.43. The van der Waals surface area contributed by atoms with Crippen LogP contribution in [0, 0.1) is 6.92 Å². The first kappa shape index (κ1) is 28.0. The molecule has 0 bridgehead atoms. The number of piperidine rings is 1. The number of rotatable bonds is 8. The molecule has 3 aromatic rings. The standard InChI is InChI=1S/C34H38N2O3/c1-6-7-25-9-10-27(18-23(25)3)32-21-34(35,16-17-36-32)33(26-11-14-29(37)15-12-26)31(24(4)39-5)20-28-19-30(38)13-8-22(28)2/h6-15,18-20,32-33,36-38H,1,3-4,16-17,21,35H2,2,5H3/b25-7-,31-20+. The zero-order chi connectivity index (χ0) is 28.2. The van der Waals surface area contributed by atoms with Gasteiger partial charge < -0.3 is 26.0 Å². The van der Waals surface area contributed by atoms with Crippen LogP contribution in [0.1, 0.15) is 47.1 Å². The van der Waals surface area contributed by atoms with Crippen molar-refractivity contribution in [2.75, 3.05) is 13.7 Å². The summed E-state index contributed by atoms with van der Waals surface area (Å²) in [7, 11) is 1.60. The number of benzene rings is 3. The first-order valence-electron chi connectivity index (χ1n) is 13.1. The second kappa shape index (κ2) is 11.8. The van der Waals surface area contributed by atoms with E-state index in [1.165, 1.54) is 0 Å². The van der Waals surface area contributed by atoms with E-state index in [1.54, 1.807) is 37.5 Å². The number of aryl methyl sites for hydroxylation is 1. The number of aromatic hydroxyl groups is 2. The molecule has 5 heteroatoms. The number of methoxy groups -OCH3 is 1. The van der Waals surface area contributed by atoms with Crippen molar-refractivity contribution in [1.29, 1.82) is 0 Å². The van der Waals surface area contributed by atoms with E-state index in [-0.39, 0.29) is 23.5 Å². The van der Waals surface area contributed by atoms with E-state index in [4.69, 9.17) is 10.5 Å². The number of allylic oxidation sites excluding steroid dienone is 2. The van der Waals surface area contributed by atoms with Gasteiger partial charge in [0, 0.05) is 23.1 Å². The number of nitrogens with one attached hydrogen (secondary N) is 1. The number of hydrogen-bond donors (Lipinski definition) is 4. The Hall–Kier alpha value is -4.06. The van der Waals surface area contributed by atoms with Crippen LogP contribution in [-0.2, 0) is 4.74 Å². The maximum atomic E-state index is 10.2. The predicted molar refractivity (Wildman–Crippen MR) is 161 cm³/mol. The number of nitrogens with two attached hydrogens (primary N) is 1. The molecule has 5 nitrogen and oxygen atoms in total. The minimum absolute atomic E-state index is 0.0150. The molecule has 1 fully saturated rings. The average molecular weight is 523 g/mol. The summed E-state index contributed by atoms with van der Waals surface area (Å²) in [6.07, 6.45) is 7.08. The Morgan fingerprint density at radius 2 is 1.82 bits per heavy atom.